The minimum absolute atomic E-state index is 0.123. The Morgan fingerprint density at radius 3 is 2.30 bits per heavy atom. The number of rotatable bonds is 3. The van der Waals surface area contributed by atoms with Crippen LogP contribution in [0.5, 0.6) is 0 Å². The van der Waals surface area contributed by atoms with Gasteiger partial charge >= 0.3 is 5.97 Å². The number of allylic oxidation sites excluding steroid dienone is 1. The molecule has 0 aliphatic heterocycles. The fourth-order valence-corrected chi connectivity index (χ4v) is 0.545. The van der Waals surface area contributed by atoms with Crippen molar-refractivity contribution in [3.05, 3.63) is 11.6 Å². The first-order chi connectivity index (χ1) is 4.57. The van der Waals surface area contributed by atoms with Gasteiger partial charge in [0, 0.05) is 12.5 Å². The quantitative estimate of drug-likeness (QED) is 0.598. The van der Waals surface area contributed by atoms with Gasteiger partial charge in [0.1, 0.15) is 0 Å². The van der Waals surface area contributed by atoms with Gasteiger partial charge in [0.25, 0.3) is 0 Å². The summed E-state index contributed by atoms with van der Waals surface area (Å²) in [7, 11) is 0. The Morgan fingerprint density at radius 1 is 1.50 bits per heavy atom. The van der Waals surface area contributed by atoms with Crippen LogP contribution in [0.3, 0.4) is 0 Å². The third-order valence-electron chi connectivity index (χ3n) is 1.10. The third-order valence-corrected chi connectivity index (χ3v) is 1.10. The summed E-state index contributed by atoms with van der Waals surface area (Å²) >= 11 is 0. The number of carbonyl (C=O) groups is 2. The maximum atomic E-state index is 10.7. The Morgan fingerprint density at radius 2 is 2.00 bits per heavy atom. The summed E-state index contributed by atoms with van der Waals surface area (Å²) in [6, 6.07) is 0. The van der Waals surface area contributed by atoms with Crippen LogP contribution in [0.1, 0.15) is 20.3 Å². The molecule has 0 rings (SSSR count). The maximum Gasteiger partial charge on any atom is 0.328 e. The maximum absolute atomic E-state index is 10.7. The van der Waals surface area contributed by atoms with Gasteiger partial charge in [-0.15, -0.1) is 0 Å². The highest BCUT2D eigenvalue weighted by molar-refractivity contribution is 5.99. The van der Waals surface area contributed by atoms with Crippen molar-refractivity contribution < 1.29 is 14.7 Å². The molecule has 3 heteroatoms. The van der Waals surface area contributed by atoms with Crippen LogP contribution in [-0.2, 0) is 9.59 Å². The number of hydrogen-bond donors (Lipinski definition) is 1. The molecule has 0 saturated carbocycles. The second-order valence-corrected chi connectivity index (χ2v) is 1.94. The van der Waals surface area contributed by atoms with E-state index in [4.69, 9.17) is 5.11 Å². The van der Waals surface area contributed by atoms with Crippen molar-refractivity contribution in [1.82, 2.24) is 0 Å². The molecule has 0 aromatic rings. The Balaban J connectivity index is 4.19. The van der Waals surface area contributed by atoms with E-state index in [0.29, 0.717) is 12.0 Å². The second kappa shape index (κ2) is 3.82. The molecule has 0 amide bonds. The van der Waals surface area contributed by atoms with Crippen molar-refractivity contribution in [2.45, 2.75) is 20.3 Å². The fourth-order valence-electron chi connectivity index (χ4n) is 0.545. The SMILES string of the molecule is CCC(=O)C(C)=CC(=O)O. The standard InChI is InChI=1S/C7H10O3/c1-3-6(8)5(2)4-7(9)10/h4H,3H2,1-2H3,(H,9,10). The van der Waals surface area contributed by atoms with Gasteiger partial charge < -0.3 is 5.11 Å². The van der Waals surface area contributed by atoms with Crippen molar-refractivity contribution in [1.29, 1.82) is 0 Å². The summed E-state index contributed by atoms with van der Waals surface area (Å²) in [5.41, 5.74) is 0.301. The van der Waals surface area contributed by atoms with E-state index in [1.807, 2.05) is 0 Å². The van der Waals surface area contributed by atoms with Crippen LogP contribution in [0.25, 0.3) is 0 Å². The number of hydrogen-bond acceptors (Lipinski definition) is 2. The lowest BCUT2D eigenvalue weighted by Gasteiger charge is -1.92. The Hall–Kier alpha value is -1.12. The topological polar surface area (TPSA) is 54.4 Å². The van der Waals surface area contributed by atoms with Crippen LogP contribution >= 0.6 is 0 Å². The number of carbonyl (C=O) groups excluding carboxylic acids is 1. The second-order valence-electron chi connectivity index (χ2n) is 1.94. The van der Waals surface area contributed by atoms with Gasteiger partial charge in [-0.1, -0.05) is 6.92 Å². The van der Waals surface area contributed by atoms with Crippen molar-refractivity contribution in [3.8, 4) is 0 Å². The molecule has 0 aromatic heterocycles. The minimum atomic E-state index is -1.07. The molecule has 0 saturated heterocycles. The molecule has 1 N–H and O–H groups in total. The van der Waals surface area contributed by atoms with E-state index in [2.05, 4.69) is 0 Å². The molecule has 3 nitrogen and oxygen atoms in total. The number of Topliss-reactive ketones (excluding diaryl/α,β-unsaturated/α-hetero) is 1. The summed E-state index contributed by atoms with van der Waals surface area (Å²) in [6.45, 7) is 3.20. The number of aliphatic carboxylic acids is 1. The van der Waals surface area contributed by atoms with E-state index < -0.39 is 5.97 Å². The lowest BCUT2D eigenvalue weighted by Crippen LogP contribution is -1.99. The zero-order valence-electron chi connectivity index (χ0n) is 6.05. The summed E-state index contributed by atoms with van der Waals surface area (Å²) in [6.07, 6.45) is 1.28. The van der Waals surface area contributed by atoms with Gasteiger partial charge in [-0.2, -0.15) is 0 Å². The normalized spacial score (nSPS) is 11.2. The molecule has 0 spiro atoms. The number of carboxylic acid groups (broad SMARTS) is 1. The number of carboxylic acids is 1. The molecule has 0 fully saturated rings. The van der Waals surface area contributed by atoms with Crippen molar-refractivity contribution in [2.75, 3.05) is 0 Å². The predicted octanol–water partition coefficient (Wildman–Crippen LogP) is 0.996. The zero-order chi connectivity index (χ0) is 8.15. The molecule has 0 heterocycles. The van der Waals surface area contributed by atoms with E-state index in [1.165, 1.54) is 6.92 Å². The average molecular weight is 142 g/mol. The monoisotopic (exact) mass is 142 g/mol. The molecular formula is C7H10O3. The van der Waals surface area contributed by atoms with E-state index in [9.17, 15) is 9.59 Å². The third kappa shape index (κ3) is 3.02. The molecule has 0 aliphatic rings. The molecule has 0 unspecified atom stereocenters. The highest BCUT2D eigenvalue weighted by Gasteiger charge is 2.01. The van der Waals surface area contributed by atoms with Crippen LogP contribution in [0.15, 0.2) is 11.6 Å². The first-order valence-corrected chi connectivity index (χ1v) is 3.02. The lowest BCUT2D eigenvalue weighted by molar-refractivity contribution is -0.131. The Kier molecular flexibility index (Phi) is 3.39. The van der Waals surface area contributed by atoms with Crippen LogP contribution in [-0.4, -0.2) is 16.9 Å². The van der Waals surface area contributed by atoms with E-state index >= 15 is 0 Å². The van der Waals surface area contributed by atoms with Gasteiger partial charge in [-0.3, -0.25) is 4.79 Å². The molecular weight excluding hydrogens is 132 g/mol. The summed E-state index contributed by atoms with van der Waals surface area (Å²) in [5.74, 6) is -1.19. The smallest absolute Gasteiger partial charge is 0.328 e. The van der Waals surface area contributed by atoms with Gasteiger partial charge in [0.15, 0.2) is 5.78 Å². The molecule has 10 heavy (non-hydrogen) atoms. The summed E-state index contributed by atoms with van der Waals surface area (Å²) in [4.78, 5) is 20.7. The summed E-state index contributed by atoms with van der Waals surface area (Å²) in [5, 5.41) is 8.20. The van der Waals surface area contributed by atoms with Crippen LogP contribution < -0.4 is 0 Å². The fraction of sp³-hybridized carbons (Fsp3) is 0.429. The highest BCUT2D eigenvalue weighted by Crippen LogP contribution is 1.97. The van der Waals surface area contributed by atoms with Gasteiger partial charge in [0.2, 0.25) is 0 Å². The molecule has 0 aliphatic carbocycles. The van der Waals surface area contributed by atoms with E-state index in [-0.39, 0.29) is 5.78 Å². The largest absolute Gasteiger partial charge is 0.478 e. The highest BCUT2D eigenvalue weighted by atomic mass is 16.4. The molecule has 0 bridgehead atoms. The molecule has 56 valence electrons. The van der Waals surface area contributed by atoms with Crippen LogP contribution in [0.4, 0.5) is 0 Å². The van der Waals surface area contributed by atoms with Gasteiger partial charge in [-0.25, -0.2) is 4.79 Å². The first-order valence-electron chi connectivity index (χ1n) is 3.02. The Bertz CT molecular complexity index is 179. The average Bonchev–Trinajstić information content (AvgIpc) is 1.85. The van der Waals surface area contributed by atoms with Gasteiger partial charge in [-0.05, 0) is 12.5 Å². The number of ketones is 1. The Labute approximate surface area is 59.4 Å². The van der Waals surface area contributed by atoms with E-state index in [1.54, 1.807) is 6.92 Å². The summed E-state index contributed by atoms with van der Waals surface area (Å²) < 4.78 is 0. The molecule has 0 radical (unpaired) electrons. The minimum Gasteiger partial charge on any atom is -0.478 e. The molecule has 0 atom stereocenters. The first kappa shape index (κ1) is 8.88. The molecule has 0 aromatic carbocycles. The zero-order valence-corrected chi connectivity index (χ0v) is 6.05. The van der Waals surface area contributed by atoms with Crippen molar-refractivity contribution >= 4 is 11.8 Å². The van der Waals surface area contributed by atoms with Crippen LogP contribution in [0.2, 0.25) is 0 Å². The van der Waals surface area contributed by atoms with E-state index in [0.717, 1.165) is 6.08 Å². The van der Waals surface area contributed by atoms with Gasteiger partial charge in [0.05, 0.1) is 0 Å². The predicted molar refractivity (Wildman–Crippen MR) is 36.7 cm³/mol. The van der Waals surface area contributed by atoms with Crippen LogP contribution in [0, 0.1) is 0 Å². The van der Waals surface area contributed by atoms with Crippen molar-refractivity contribution in [3.63, 3.8) is 0 Å². The van der Waals surface area contributed by atoms with Crippen molar-refractivity contribution in [2.24, 2.45) is 0 Å². The lowest BCUT2D eigenvalue weighted by atomic mass is 10.1.